The van der Waals surface area contributed by atoms with Crippen LogP contribution in [0.3, 0.4) is 0 Å². The predicted octanol–water partition coefficient (Wildman–Crippen LogP) is 2.15. The molecule has 4 heteroatoms. The lowest BCUT2D eigenvalue weighted by Gasteiger charge is -2.31. The number of terminal acetylenes is 1. The van der Waals surface area contributed by atoms with Gasteiger partial charge in [-0.1, -0.05) is 5.92 Å². The fraction of sp³-hybridized carbons (Fsp3) is 0.467. The molecule has 1 N–H and O–H groups in total. The van der Waals surface area contributed by atoms with Gasteiger partial charge in [-0.2, -0.15) is 0 Å². The molecule has 19 heavy (non-hydrogen) atoms. The van der Waals surface area contributed by atoms with E-state index >= 15 is 0 Å². The molecule has 0 aromatic heterocycles. The van der Waals surface area contributed by atoms with E-state index < -0.39 is 5.82 Å². The Kier molecular flexibility index (Phi) is 4.89. The third kappa shape index (κ3) is 4.02. The Morgan fingerprint density at radius 2 is 2.05 bits per heavy atom. The summed E-state index contributed by atoms with van der Waals surface area (Å²) >= 11 is 0. The van der Waals surface area contributed by atoms with E-state index in [4.69, 9.17) is 6.42 Å². The van der Waals surface area contributed by atoms with Crippen LogP contribution in [0.4, 0.5) is 8.78 Å². The van der Waals surface area contributed by atoms with Crippen LogP contribution < -0.4 is 5.32 Å². The molecule has 0 atom stereocenters. The molecule has 0 unspecified atom stereocenters. The standard InChI is InChI=1S/C15H18F2N2/c1-2-7-19-8-5-14(6-9-19)18-11-12-10-13(16)3-4-15(12)17/h1,3-4,10,14,18H,5-9,11H2. The van der Waals surface area contributed by atoms with Crippen molar-refractivity contribution < 1.29 is 8.78 Å². The topological polar surface area (TPSA) is 15.3 Å². The van der Waals surface area contributed by atoms with Crippen molar-refractivity contribution in [2.45, 2.75) is 25.4 Å². The zero-order valence-corrected chi connectivity index (χ0v) is 10.8. The first-order chi connectivity index (χ1) is 9.19. The molecule has 102 valence electrons. The molecular weight excluding hydrogens is 246 g/mol. The smallest absolute Gasteiger partial charge is 0.127 e. The molecule has 0 radical (unpaired) electrons. The number of nitrogens with one attached hydrogen (secondary N) is 1. The molecule has 0 saturated carbocycles. The second-order valence-corrected chi connectivity index (χ2v) is 4.87. The van der Waals surface area contributed by atoms with Gasteiger partial charge in [0.1, 0.15) is 11.6 Å². The third-order valence-electron chi connectivity index (χ3n) is 3.49. The van der Waals surface area contributed by atoms with Gasteiger partial charge in [0.05, 0.1) is 6.54 Å². The van der Waals surface area contributed by atoms with Crippen LogP contribution in [-0.2, 0) is 6.54 Å². The van der Waals surface area contributed by atoms with Crippen molar-refractivity contribution in [3.05, 3.63) is 35.4 Å². The lowest BCUT2D eigenvalue weighted by Crippen LogP contribution is -2.42. The van der Waals surface area contributed by atoms with E-state index in [1.54, 1.807) is 0 Å². The SMILES string of the molecule is C#CCN1CCC(NCc2cc(F)ccc2F)CC1. The highest BCUT2D eigenvalue weighted by molar-refractivity contribution is 5.18. The van der Waals surface area contributed by atoms with Crippen LogP contribution in [0.5, 0.6) is 0 Å². The summed E-state index contributed by atoms with van der Waals surface area (Å²) in [7, 11) is 0. The summed E-state index contributed by atoms with van der Waals surface area (Å²) in [6.07, 6.45) is 7.24. The van der Waals surface area contributed by atoms with E-state index in [0.29, 0.717) is 24.7 Å². The molecule has 2 nitrogen and oxygen atoms in total. The Hall–Kier alpha value is -1.44. The number of rotatable bonds is 4. The van der Waals surface area contributed by atoms with Crippen molar-refractivity contribution in [2.75, 3.05) is 19.6 Å². The van der Waals surface area contributed by atoms with Crippen LogP contribution in [0.2, 0.25) is 0 Å². The maximum Gasteiger partial charge on any atom is 0.127 e. The molecule has 0 amide bonds. The van der Waals surface area contributed by atoms with E-state index in [-0.39, 0.29) is 5.82 Å². The van der Waals surface area contributed by atoms with Crippen LogP contribution in [0.15, 0.2) is 18.2 Å². The lowest BCUT2D eigenvalue weighted by atomic mass is 10.0. The molecule has 1 aromatic rings. The first kappa shape index (κ1) is 14.0. The van der Waals surface area contributed by atoms with Gasteiger partial charge in [-0.15, -0.1) is 6.42 Å². The molecule has 1 aromatic carbocycles. The normalized spacial score (nSPS) is 17.3. The minimum Gasteiger partial charge on any atom is -0.310 e. The number of nitrogens with zero attached hydrogens (tertiary/aromatic N) is 1. The number of hydrogen-bond acceptors (Lipinski definition) is 2. The van der Waals surface area contributed by atoms with E-state index in [2.05, 4.69) is 16.1 Å². The summed E-state index contributed by atoms with van der Waals surface area (Å²) in [5.41, 5.74) is 0.381. The van der Waals surface area contributed by atoms with E-state index in [0.717, 1.165) is 32.0 Å². The van der Waals surface area contributed by atoms with Gasteiger partial charge in [0.2, 0.25) is 0 Å². The molecule has 1 fully saturated rings. The average molecular weight is 264 g/mol. The highest BCUT2D eigenvalue weighted by atomic mass is 19.1. The molecule has 2 rings (SSSR count). The van der Waals surface area contributed by atoms with Crippen molar-refractivity contribution in [2.24, 2.45) is 0 Å². The highest BCUT2D eigenvalue weighted by Gasteiger charge is 2.18. The van der Waals surface area contributed by atoms with Gasteiger partial charge in [-0.05, 0) is 31.0 Å². The fourth-order valence-electron chi connectivity index (χ4n) is 2.36. The molecule has 0 bridgehead atoms. The summed E-state index contributed by atoms with van der Waals surface area (Å²) in [5.74, 6) is 1.87. The van der Waals surface area contributed by atoms with Gasteiger partial charge in [-0.25, -0.2) is 8.78 Å². The van der Waals surface area contributed by atoms with Crippen molar-refractivity contribution in [3.63, 3.8) is 0 Å². The number of likely N-dealkylation sites (tertiary alicyclic amines) is 1. The molecular formula is C15H18F2N2. The van der Waals surface area contributed by atoms with Crippen molar-refractivity contribution in [1.29, 1.82) is 0 Å². The first-order valence-corrected chi connectivity index (χ1v) is 6.52. The summed E-state index contributed by atoms with van der Waals surface area (Å²) < 4.78 is 26.5. The summed E-state index contributed by atoms with van der Waals surface area (Å²) in [4.78, 5) is 2.22. The zero-order valence-electron chi connectivity index (χ0n) is 10.8. The highest BCUT2D eigenvalue weighted by Crippen LogP contribution is 2.13. The Bertz CT molecular complexity index is 460. The van der Waals surface area contributed by atoms with Crippen LogP contribution in [0.25, 0.3) is 0 Å². The number of piperidine rings is 1. The monoisotopic (exact) mass is 264 g/mol. The second-order valence-electron chi connectivity index (χ2n) is 4.87. The van der Waals surface area contributed by atoms with Crippen LogP contribution in [0.1, 0.15) is 18.4 Å². The van der Waals surface area contributed by atoms with Crippen LogP contribution in [0, 0.1) is 24.0 Å². The largest absolute Gasteiger partial charge is 0.310 e. The molecule has 1 aliphatic heterocycles. The minimum absolute atomic E-state index is 0.344. The summed E-state index contributed by atoms with van der Waals surface area (Å²) in [6, 6.07) is 3.89. The molecule has 1 aliphatic rings. The Morgan fingerprint density at radius 1 is 1.32 bits per heavy atom. The van der Waals surface area contributed by atoms with Gasteiger partial charge < -0.3 is 5.32 Å². The van der Waals surface area contributed by atoms with E-state index in [1.165, 1.54) is 12.1 Å². The average Bonchev–Trinajstić information content (AvgIpc) is 2.42. The van der Waals surface area contributed by atoms with E-state index in [9.17, 15) is 8.78 Å². The number of benzene rings is 1. The number of halogens is 2. The molecule has 0 spiro atoms. The van der Waals surface area contributed by atoms with Gasteiger partial charge in [0.25, 0.3) is 0 Å². The van der Waals surface area contributed by atoms with Gasteiger partial charge >= 0.3 is 0 Å². The Balaban J connectivity index is 1.81. The quantitative estimate of drug-likeness (QED) is 0.838. The maximum absolute atomic E-state index is 13.4. The van der Waals surface area contributed by atoms with E-state index in [1.807, 2.05) is 0 Å². The fourth-order valence-corrected chi connectivity index (χ4v) is 2.36. The van der Waals surface area contributed by atoms with Gasteiger partial charge in [0.15, 0.2) is 0 Å². The second kappa shape index (κ2) is 6.65. The predicted molar refractivity (Wildman–Crippen MR) is 71.5 cm³/mol. The minimum atomic E-state index is -0.401. The molecule has 1 heterocycles. The van der Waals surface area contributed by atoms with Crippen molar-refractivity contribution in [3.8, 4) is 12.3 Å². The molecule has 0 aliphatic carbocycles. The first-order valence-electron chi connectivity index (χ1n) is 6.52. The number of hydrogen-bond donors (Lipinski definition) is 1. The van der Waals surface area contributed by atoms with Crippen molar-refractivity contribution >= 4 is 0 Å². The summed E-state index contributed by atoms with van der Waals surface area (Å²) in [6.45, 7) is 2.95. The van der Waals surface area contributed by atoms with Gasteiger partial charge in [0, 0.05) is 31.2 Å². The summed E-state index contributed by atoms with van der Waals surface area (Å²) in [5, 5.41) is 3.28. The molecule has 1 saturated heterocycles. The lowest BCUT2D eigenvalue weighted by molar-refractivity contribution is 0.217. The Morgan fingerprint density at radius 3 is 2.74 bits per heavy atom. The van der Waals surface area contributed by atoms with Crippen molar-refractivity contribution in [1.82, 2.24) is 10.2 Å². The van der Waals surface area contributed by atoms with Crippen LogP contribution in [-0.4, -0.2) is 30.6 Å². The van der Waals surface area contributed by atoms with Gasteiger partial charge in [-0.3, -0.25) is 4.90 Å². The maximum atomic E-state index is 13.4. The Labute approximate surface area is 112 Å². The third-order valence-corrected chi connectivity index (χ3v) is 3.49. The van der Waals surface area contributed by atoms with Crippen LogP contribution >= 0.6 is 0 Å². The zero-order chi connectivity index (χ0) is 13.7.